The lowest BCUT2D eigenvalue weighted by atomic mass is 9.83. The van der Waals surface area contributed by atoms with Gasteiger partial charge in [-0.1, -0.05) is 43.0 Å². The van der Waals surface area contributed by atoms with Gasteiger partial charge < -0.3 is 11.1 Å². The van der Waals surface area contributed by atoms with Gasteiger partial charge in [0, 0.05) is 11.7 Å². The van der Waals surface area contributed by atoms with E-state index in [1.807, 2.05) is 0 Å². The van der Waals surface area contributed by atoms with Gasteiger partial charge in [0.1, 0.15) is 0 Å². The van der Waals surface area contributed by atoms with Crippen molar-refractivity contribution in [3.63, 3.8) is 0 Å². The number of rotatable bonds is 4. The average Bonchev–Trinajstić information content (AvgIpc) is 2.36. The monoisotopic (exact) mass is 300 g/mol. The minimum Gasteiger partial charge on any atom is -0.399 e. The molecule has 1 saturated carbocycles. The summed E-state index contributed by atoms with van der Waals surface area (Å²) in [4.78, 5) is 0. The van der Waals surface area contributed by atoms with Crippen molar-refractivity contribution in [1.29, 1.82) is 0 Å². The fourth-order valence-electron chi connectivity index (χ4n) is 2.94. The Balaban J connectivity index is 1.96. The van der Waals surface area contributed by atoms with Crippen LogP contribution in [0.3, 0.4) is 0 Å². The summed E-state index contributed by atoms with van der Waals surface area (Å²) in [5.74, 6) is 0.903. The van der Waals surface area contributed by atoms with E-state index in [4.69, 9.17) is 28.9 Å². The second kappa shape index (κ2) is 6.71. The number of halogens is 2. The van der Waals surface area contributed by atoms with E-state index in [0.29, 0.717) is 21.8 Å². The zero-order valence-electron chi connectivity index (χ0n) is 11.4. The molecule has 106 valence electrons. The minimum absolute atomic E-state index is 0.478. The van der Waals surface area contributed by atoms with E-state index in [0.717, 1.165) is 11.6 Å². The van der Waals surface area contributed by atoms with Crippen LogP contribution in [0.4, 0.5) is 11.4 Å². The number of benzene rings is 1. The molecular formula is C15H22Cl2N2. The summed E-state index contributed by atoms with van der Waals surface area (Å²) in [6.45, 7) is 2.26. The molecular weight excluding hydrogens is 279 g/mol. The third-order valence-corrected chi connectivity index (χ3v) is 4.55. The highest BCUT2D eigenvalue weighted by molar-refractivity contribution is 6.39. The van der Waals surface area contributed by atoms with Crippen molar-refractivity contribution in [3.05, 3.63) is 22.2 Å². The van der Waals surface area contributed by atoms with Crippen LogP contribution in [0.1, 0.15) is 45.4 Å². The van der Waals surface area contributed by atoms with E-state index in [9.17, 15) is 0 Å². The smallest absolute Gasteiger partial charge is 0.0722 e. The van der Waals surface area contributed by atoms with Gasteiger partial charge in [0.2, 0.25) is 0 Å². The summed E-state index contributed by atoms with van der Waals surface area (Å²) in [6.07, 6.45) is 7.64. The highest BCUT2D eigenvalue weighted by Gasteiger charge is 2.21. The Labute approximate surface area is 125 Å². The van der Waals surface area contributed by atoms with Crippen molar-refractivity contribution in [2.24, 2.45) is 5.92 Å². The molecule has 1 aliphatic carbocycles. The molecule has 1 aliphatic rings. The van der Waals surface area contributed by atoms with Crippen molar-refractivity contribution < 1.29 is 0 Å². The average molecular weight is 301 g/mol. The lowest BCUT2D eigenvalue weighted by molar-refractivity contribution is 0.319. The van der Waals surface area contributed by atoms with Crippen LogP contribution >= 0.6 is 23.2 Å². The number of nitrogens with one attached hydrogen (secondary N) is 1. The molecule has 4 heteroatoms. The van der Waals surface area contributed by atoms with E-state index in [1.165, 1.54) is 38.5 Å². The number of hydrogen-bond donors (Lipinski definition) is 2. The van der Waals surface area contributed by atoms with Gasteiger partial charge in [-0.15, -0.1) is 0 Å². The first-order valence-corrected chi connectivity index (χ1v) is 7.86. The van der Waals surface area contributed by atoms with E-state index < -0.39 is 0 Å². The van der Waals surface area contributed by atoms with Crippen LogP contribution in [0.5, 0.6) is 0 Å². The Morgan fingerprint density at radius 3 is 2.26 bits per heavy atom. The maximum absolute atomic E-state index is 6.21. The summed E-state index contributed by atoms with van der Waals surface area (Å²) in [7, 11) is 0. The molecule has 19 heavy (non-hydrogen) atoms. The molecule has 0 aliphatic heterocycles. The van der Waals surface area contributed by atoms with Gasteiger partial charge in [-0.2, -0.15) is 0 Å². The number of nitrogens with two attached hydrogens (primary N) is 1. The molecule has 0 atom stereocenters. The molecule has 0 saturated heterocycles. The molecule has 0 heterocycles. The second-order valence-corrected chi connectivity index (χ2v) is 6.32. The van der Waals surface area contributed by atoms with E-state index >= 15 is 0 Å². The van der Waals surface area contributed by atoms with Crippen LogP contribution in [0.2, 0.25) is 10.0 Å². The fraction of sp³-hybridized carbons (Fsp3) is 0.600. The third-order valence-electron chi connectivity index (χ3n) is 3.96. The molecule has 2 rings (SSSR count). The van der Waals surface area contributed by atoms with Gasteiger partial charge in [0.05, 0.1) is 15.7 Å². The number of hydrogen-bond acceptors (Lipinski definition) is 2. The highest BCUT2D eigenvalue weighted by Crippen LogP contribution is 2.36. The first kappa shape index (κ1) is 14.8. The molecule has 3 N–H and O–H groups in total. The Morgan fingerprint density at radius 1 is 1.16 bits per heavy atom. The predicted molar refractivity (Wildman–Crippen MR) is 85.2 cm³/mol. The molecule has 1 fully saturated rings. The lowest BCUT2D eigenvalue weighted by Gasteiger charge is -2.30. The van der Waals surface area contributed by atoms with Gasteiger partial charge in [0.15, 0.2) is 0 Å². The maximum Gasteiger partial charge on any atom is 0.0722 e. The van der Waals surface area contributed by atoms with Crippen LogP contribution in [-0.2, 0) is 0 Å². The van der Waals surface area contributed by atoms with Crippen LogP contribution < -0.4 is 11.1 Å². The lowest BCUT2D eigenvalue weighted by Crippen LogP contribution is -2.26. The molecule has 1 aromatic rings. The van der Waals surface area contributed by atoms with Crippen LogP contribution in [0.15, 0.2) is 12.1 Å². The molecule has 2 nitrogen and oxygen atoms in total. The molecule has 0 spiro atoms. The summed E-state index contributed by atoms with van der Waals surface area (Å²) in [5.41, 5.74) is 7.15. The molecule has 0 aromatic heterocycles. The van der Waals surface area contributed by atoms with Crippen molar-refractivity contribution in [2.45, 2.75) is 51.5 Å². The van der Waals surface area contributed by atoms with Crippen LogP contribution in [0.25, 0.3) is 0 Å². The van der Waals surface area contributed by atoms with Crippen molar-refractivity contribution in [3.8, 4) is 0 Å². The zero-order chi connectivity index (χ0) is 13.8. The van der Waals surface area contributed by atoms with Crippen LogP contribution in [-0.4, -0.2) is 6.04 Å². The van der Waals surface area contributed by atoms with Gasteiger partial charge >= 0.3 is 0 Å². The van der Waals surface area contributed by atoms with Crippen LogP contribution in [0, 0.1) is 5.92 Å². The first-order chi connectivity index (χ1) is 9.10. The SMILES string of the molecule is CCCC1CCC(Nc2c(Cl)cc(N)cc2Cl)CC1. The normalized spacial score (nSPS) is 23.3. The standard InChI is InChI=1S/C15H22Cl2N2/c1-2-3-10-4-6-12(7-5-10)19-15-13(16)8-11(18)9-14(15)17/h8-10,12,19H,2-7,18H2,1H3. The third kappa shape index (κ3) is 3.93. The van der Waals surface area contributed by atoms with E-state index in [2.05, 4.69) is 12.2 Å². The van der Waals surface area contributed by atoms with E-state index in [-0.39, 0.29) is 0 Å². The summed E-state index contributed by atoms with van der Waals surface area (Å²) in [5, 5.41) is 4.71. The second-order valence-electron chi connectivity index (χ2n) is 5.51. The predicted octanol–water partition coefficient (Wildman–Crippen LogP) is 5.35. The molecule has 0 bridgehead atoms. The quantitative estimate of drug-likeness (QED) is 0.736. The summed E-state index contributed by atoms with van der Waals surface area (Å²) < 4.78 is 0. The minimum atomic E-state index is 0.478. The molecule has 0 unspecified atom stereocenters. The topological polar surface area (TPSA) is 38.0 Å². The first-order valence-electron chi connectivity index (χ1n) is 7.11. The fourth-order valence-corrected chi connectivity index (χ4v) is 3.55. The van der Waals surface area contributed by atoms with Crippen molar-refractivity contribution in [1.82, 2.24) is 0 Å². The molecule has 1 aromatic carbocycles. The molecule has 0 amide bonds. The van der Waals surface area contributed by atoms with E-state index in [1.54, 1.807) is 12.1 Å². The van der Waals surface area contributed by atoms with Gasteiger partial charge in [-0.05, 0) is 43.7 Å². The Morgan fingerprint density at radius 2 is 1.74 bits per heavy atom. The van der Waals surface area contributed by atoms with Crippen molar-refractivity contribution in [2.75, 3.05) is 11.1 Å². The van der Waals surface area contributed by atoms with Gasteiger partial charge in [-0.25, -0.2) is 0 Å². The molecule has 0 radical (unpaired) electrons. The van der Waals surface area contributed by atoms with Crippen molar-refractivity contribution >= 4 is 34.6 Å². The largest absolute Gasteiger partial charge is 0.399 e. The van der Waals surface area contributed by atoms with Gasteiger partial charge in [0.25, 0.3) is 0 Å². The highest BCUT2D eigenvalue weighted by atomic mass is 35.5. The van der Waals surface area contributed by atoms with Gasteiger partial charge in [-0.3, -0.25) is 0 Å². The number of nitrogen functional groups attached to an aromatic ring is 1. The maximum atomic E-state index is 6.21. The summed E-state index contributed by atoms with van der Waals surface area (Å²) in [6, 6.07) is 3.98. The summed E-state index contributed by atoms with van der Waals surface area (Å²) >= 11 is 12.4. The number of anilines is 2. The zero-order valence-corrected chi connectivity index (χ0v) is 12.9. The Hall–Kier alpha value is -0.600. The Kier molecular flexibility index (Phi) is 5.23. The Bertz CT molecular complexity index is 403.